The molecule has 0 radical (unpaired) electrons. The molecule has 3 fully saturated rings. The first-order valence-corrected chi connectivity index (χ1v) is 5.26. The summed E-state index contributed by atoms with van der Waals surface area (Å²) >= 11 is 0. The predicted octanol–water partition coefficient (Wildman–Crippen LogP) is 0.833. The molecule has 12 heavy (non-hydrogen) atoms. The van der Waals surface area contributed by atoms with Gasteiger partial charge in [0, 0.05) is 17.5 Å². The van der Waals surface area contributed by atoms with Crippen LogP contribution in [-0.2, 0) is 0 Å². The average molecular weight is 166 g/mol. The predicted molar refractivity (Wildman–Crippen MR) is 49.1 cm³/mol. The molecule has 1 saturated carbocycles. The monoisotopic (exact) mass is 166 g/mol. The Bertz CT molecular complexity index is 204. The molecule has 68 valence electrons. The normalized spacial score (nSPS) is 52.8. The zero-order chi connectivity index (χ0) is 8.18. The zero-order valence-electron chi connectivity index (χ0n) is 7.84. The van der Waals surface area contributed by atoms with Crippen molar-refractivity contribution in [2.45, 2.75) is 37.8 Å². The summed E-state index contributed by atoms with van der Waals surface area (Å²) in [6.45, 7) is 2.61. The van der Waals surface area contributed by atoms with Crippen molar-refractivity contribution in [3.05, 3.63) is 0 Å². The Hall–Kier alpha value is -0.0800. The van der Waals surface area contributed by atoms with E-state index in [-0.39, 0.29) is 0 Å². The Balaban J connectivity index is 1.96. The van der Waals surface area contributed by atoms with E-state index in [1.54, 1.807) is 0 Å². The molecular formula is C10H18N2. The minimum Gasteiger partial charge on any atom is -0.313 e. The van der Waals surface area contributed by atoms with Crippen molar-refractivity contribution in [1.82, 2.24) is 10.2 Å². The van der Waals surface area contributed by atoms with Crippen LogP contribution in [0.1, 0.15) is 25.7 Å². The van der Waals surface area contributed by atoms with Crippen LogP contribution in [0.15, 0.2) is 0 Å². The lowest BCUT2D eigenvalue weighted by atomic mass is 9.79. The Morgan fingerprint density at radius 3 is 3.17 bits per heavy atom. The van der Waals surface area contributed by atoms with Gasteiger partial charge >= 0.3 is 0 Å². The van der Waals surface area contributed by atoms with Crippen LogP contribution in [0.25, 0.3) is 0 Å². The molecule has 3 atom stereocenters. The highest BCUT2D eigenvalue weighted by molar-refractivity contribution is 5.12. The summed E-state index contributed by atoms with van der Waals surface area (Å²) in [6.07, 6.45) is 5.75. The van der Waals surface area contributed by atoms with Gasteiger partial charge in [0.25, 0.3) is 0 Å². The summed E-state index contributed by atoms with van der Waals surface area (Å²) in [5.74, 6) is 0. The summed E-state index contributed by atoms with van der Waals surface area (Å²) in [7, 11) is 2.31. The number of rotatable bonds is 0. The van der Waals surface area contributed by atoms with Crippen LogP contribution in [0.3, 0.4) is 0 Å². The molecular weight excluding hydrogens is 148 g/mol. The molecule has 0 amide bonds. The first kappa shape index (κ1) is 7.34. The second-order valence-corrected chi connectivity index (χ2v) is 4.81. The molecule has 2 aliphatic heterocycles. The Morgan fingerprint density at radius 2 is 2.25 bits per heavy atom. The van der Waals surface area contributed by atoms with Gasteiger partial charge in [-0.3, -0.25) is 0 Å². The smallest absolute Gasteiger partial charge is 0.0165 e. The summed E-state index contributed by atoms with van der Waals surface area (Å²) in [6, 6.07) is 1.78. The molecule has 0 aromatic carbocycles. The van der Waals surface area contributed by atoms with Crippen LogP contribution in [0.4, 0.5) is 0 Å². The maximum atomic E-state index is 3.67. The van der Waals surface area contributed by atoms with Crippen LogP contribution in [-0.4, -0.2) is 37.1 Å². The number of hydrogen-bond acceptors (Lipinski definition) is 2. The molecule has 3 unspecified atom stereocenters. The molecule has 0 aromatic heterocycles. The molecule has 2 nitrogen and oxygen atoms in total. The fraction of sp³-hybridized carbons (Fsp3) is 1.00. The van der Waals surface area contributed by atoms with E-state index in [1.165, 1.54) is 38.8 Å². The Labute approximate surface area is 74.3 Å². The number of nitrogens with zero attached hydrogens (tertiary/aromatic N) is 1. The van der Waals surface area contributed by atoms with Gasteiger partial charge in [0.1, 0.15) is 0 Å². The van der Waals surface area contributed by atoms with Gasteiger partial charge in [0.05, 0.1) is 0 Å². The number of nitrogens with one attached hydrogen (secondary N) is 1. The van der Waals surface area contributed by atoms with Gasteiger partial charge in [0.2, 0.25) is 0 Å². The summed E-state index contributed by atoms with van der Waals surface area (Å²) in [4.78, 5) is 2.59. The maximum Gasteiger partial charge on any atom is 0.0165 e. The first-order chi connectivity index (χ1) is 5.83. The van der Waals surface area contributed by atoms with Crippen LogP contribution in [0, 0.1) is 5.41 Å². The van der Waals surface area contributed by atoms with Gasteiger partial charge < -0.3 is 10.2 Å². The molecule has 3 aliphatic rings. The highest BCUT2D eigenvalue weighted by atomic mass is 15.2. The van der Waals surface area contributed by atoms with Crippen LogP contribution in [0.2, 0.25) is 0 Å². The third-order valence-corrected chi connectivity index (χ3v) is 4.53. The Morgan fingerprint density at radius 1 is 1.33 bits per heavy atom. The minimum absolute atomic E-state index is 0.703. The standard InChI is InChI=1S/C10H18N2/c1-12-7-5-10-4-6-11-8(10)2-3-9(10)12/h8-9,11H,2-7H2,1H3. The largest absolute Gasteiger partial charge is 0.313 e. The number of hydrogen-bond donors (Lipinski definition) is 1. The maximum absolute atomic E-state index is 3.67. The Kier molecular flexibility index (Phi) is 1.37. The van der Waals surface area contributed by atoms with E-state index in [9.17, 15) is 0 Å². The van der Waals surface area contributed by atoms with Crippen molar-refractivity contribution in [3.63, 3.8) is 0 Å². The zero-order valence-corrected chi connectivity index (χ0v) is 7.84. The molecule has 2 heteroatoms. The van der Waals surface area contributed by atoms with E-state index in [4.69, 9.17) is 0 Å². The highest BCUT2D eigenvalue weighted by Crippen LogP contribution is 2.52. The molecule has 1 spiro atoms. The fourth-order valence-electron chi connectivity index (χ4n) is 3.92. The van der Waals surface area contributed by atoms with E-state index in [2.05, 4.69) is 17.3 Å². The summed E-state index contributed by atoms with van der Waals surface area (Å²) < 4.78 is 0. The summed E-state index contributed by atoms with van der Waals surface area (Å²) in [5, 5.41) is 3.67. The molecule has 2 heterocycles. The lowest BCUT2D eigenvalue weighted by Gasteiger charge is -2.29. The molecule has 0 bridgehead atoms. The van der Waals surface area contributed by atoms with Gasteiger partial charge in [-0.1, -0.05) is 0 Å². The van der Waals surface area contributed by atoms with Gasteiger partial charge in [-0.25, -0.2) is 0 Å². The molecule has 2 saturated heterocycles. The quantitative estimate of drug-likeness (QED) is 0.573. The second-order valence-electron chi connectivity index (χ2n) is 4.81. The van der Waals surface area contributed by atoms with Gasteiger partial charge in [0.15, 0.2) is 0 Å². The number of likely N-dealkylation sites (tertiary alicyclic amines) is 1. The average Bonchev–Trinajstić information content (AvgIpc) is 2.62. The van der Waals surface area contributed by atoms with Crippen molar-refractivity contribution in [2.24, 2.45) is 5.41 Å². The topological polar surface area (TPSA) is 15.3 Å². The van der Waals surface area contributed by atoms with E-state index >= 15 is 0 Å². The first-order valence-electron chi connectivity index (χ1n) is 5.26. The second kappa shape index (κ2) is 2.24. The fourth-order valence-corrected chi connectivity index (χ4v) is 3.92. The van der Waals surface area contributed by atoms with E-state index < -0.39 is 0 Å². The lowest BCUT2D eigenvalue weighted by Crippen LogP contribution is -2.38. The molecule has 1 aliphatic carbocycles. The van der Waals surface area contributed by atoms with Crippen LogP contribution in [0.5, 0.6) is 0 Å². The SMILES string of the molecule is CN1CCC23CCNC2CCC13. The highest BCUT2D eigenvalue weighted by Gasteiger charge is 2.56. The minimum atomic E-state index is 0.703. The third kappa shape index (κ3) is 0.686. The third-order valence-electron chi connectivity index (χ3n) is 4.53. The summed E-state index contributed by atoms with van der Waals surface area (Å²) in [5.41, 5.74) is 0.703. The molecule has 1 N–H and O–H groups in total. The van der Waals surface area contributed by atoms with Crippen molar-refractivity contribution < 1.29 is 0 Å². The van der Waals surface area contributed by atoms with Crippen molar-refractivity contribution in [3.8, 4) is 0 Å². The van der Waals surface area contributed by atoms with Gasteiger partial charge in [-0.2, -0.15) is 0 Å². The van der Waals surface area contributed by atoms with Crippen molar-refractivity contribution >= 4 is 0 Å². The van der Waals surface area contributed by atoms with Crippen molar-refractivity contribution in [1.29, 1.82) is 0 Å². The van der Waals surface area contributed by atoms with Gasteiger partial charge in [-0.15, -0.1) is 0 Å². The van der Waals surface area contributed by atoms with E-state index in [0.29, 0.717) is 5.41 Å². The molecule has 0 aromatic rings. The van der Waals surface area contributed by atoms with E-state index in [0.717, 1.165) is 12.1 Å². The van der Waals surface area contributed by atoms with Gasteiger partial charge in [-0.05, 0) is 45.8 Å². The van der Waals surface area contributed by atoms with Crippen LogP contribution < -0.4 is 5.32 Å². The van der Waals surface area contributed by atoms with E-state index in [1.807, 2.05) is 0 Å². The molecule has 3 rings (SSSR count). The van der Waals surface area contributed by atoms with Crippen LogP contribution >= 0.6 is 0 Å². The van der Waals surface area contributed by atoms with Crippen molar-refractivity contribution in [2.75, 3.05) is 20.1 Å². The lowest BCUT2D eigenvalue weighted by molar-refractivity contribution is 0.210.